The first kappa shape index (κ1) is 21.8. The maximum atomic E-state index is 12.9. The fourth-order valence-electron chi connectivity index (χ4n) is 3.80. The highest BCUT2D eigenvalue weighted by Gasteiger charge is 2.15. The van der Waals surface area contributed by atoms with Crippen molar-refractivity contribution in [2.24, 2.45) is 0 Å². The average molecular weight is 469 g/mol. The zero-order valence-corrected chi connectivity index (χ0v) is 19.7. The monoisotopic (exact) mass is 468 g/mol. The molecule has 4 N–H and O–H groups in total. The Balaban J connectivity index is 1.41. The Morgan fingerprint density at radius 3 is 2.62 bits per heavy atom. The highest BCUT2D eigenvalue weighted by atomic mass is 32.1. The molecule has 5 aromatic rings. The third-order valence-electron chi connectivity index (χ3n) is 5.63. The van der Waals surface area contributed by atoms with Gasteiger partial charge in [0.25, 0.3) is 5.91 Å². The molecule has 0 aliphatic heterocycles. The SMILES string of the molecule is CC(C)c1ccc(NCc2nc(NC(=O)c3nc(N)c4sccc4n3)cc3ccccc23)cc1. The van der Waals surface area contributed by atoms with Crippen molar-refractivity contribution < 1.29 is 4.79 Å². The van der Waals surface area contributed by atoms with Gasteiger partial charge in [0.2, 0.25) is 5.82 Å². The number of aromatic nitrogens is 3. The zero-order valence-electron chi connectivity index (χ0n) is 18.9. The minimum Gasteiger partial charge on any atom is -0.382 e. The number of rotatable bonds is 6. The van der Waals surface area contributed by atoms with Crippen LogP contribution < -0.4 is 16.4 Å². The van der Waals surface area contributed by atoms with Crippen LogP contribution in [0.1, 0.15) is 41.6 Å². The van der Waals surface area contributed by atoms with Crippen molar-refractivity contribution in [1.82, 2.24) is 15.0 Å². The molecular weight excluding hydrogens is 444 g/mol. The van der Waals surface area contributed by atoms with Gasteiger partial charge < -0.3 is 16.4 Å². The number of amides is 1. The van der Waals surface area contributed by atoms with Gasteiger partial charge in [-0.05, 0) is 46.5 Å². The van der Waals surface area contributed by atoms with Crippen molar-refractivity contribution in [1.29, 1.82) is 0 Å². The summed E-state index contributed by atoms with van der Waals surface area (Å²) in [5.74, 6) is 0.780. The van der Waals surface area contributed by atoms with E-state index in [0.29, 0.717) is 29.6 Å². The van der Waals surface area contributed by atoms with Crippen LogP contribution in [0.5, 0.6) is 0 Å². The van der Waals surface area contributed by atoms with Crippen LogP contribution in [0.25, 0.3) is 21.0 Å². The smallest absolute Gasteiger partial charge is 0.294 e. The molecule has 0 spiro atoms. The Bertz CT molecular complexity index is 1490. The van der Waals surface area contributed by atoms with Gasteiger partial charge in [-0.15, -0.1) is 11.3 Å². The zero-order chi connectivity index (χ0) is 23.7. The maximum absolute atomic E-state index is 12.9. The van der Waals surface area contributed by atoms with Crippen molar-refractivity contribution in [2.75, 3.05) is 16.4 Å². The molecule has 3 heterocycles. The Morgan fingerprint density at radius 1 is 1.03 bits per heavy atom. The van der Waals surface area contributed by atoms with Crippen molar-refractivity contribution in [3.05, 3.63) is 83.1 Å². The number of thiophene rings is 1. The third kappa shape index (κ3) is 4.40. The van der Waals surface area contributed by atoms with Crippen LogP contribution in [0.2, 0.25) is 0 Å². The standard InChI is InChI=1S/C26H24N6OS/c1-15(2)16-7-9-18(10-8-16)28-14-21-19-6-4-3-5-17(19)13-22(29-21)31-26(33)25-30-20-11-12-34-23(20)24(27)32-25/h3-13,15,28H,14H2,1-2H3,(H2,27,30,32)(H,29,31,33). The van der Waals surface area contributed by atoms with Gasteiger partial charge in [-0.1, -0.05) is 50.2 Å². The first-order chi connectivity index (χ1) is 16.5. The van der Waals surface area contributed by atoms with Gasteiger partial charge in [0, 0.05) is 11.1 Å². The quantitative estimate of drug-likeness (QED) is 0.290. The van der Waals surface area contributed by atoms with E-state index in [1.165, 1.54) is 16.9 Å². The Morgan fingerprint density at radius 2 is 1.82 bits per heavy atom. The molecule has 170 valence electrons. The fraction of sp³-hybridized carbons (Fsp3) is 0.154. The lowest BCUT2D eigenvalue weighted by Gasteiger charge is -2.13. The van der Waals surface area contributed by atoms with E-state index in [-0.39, 0.29) is 5.82 Å². The molecule has 0 fully saturated rings. The summed E-state index contributed by atoms with van der Waals surface area (Å²) in [6, 6.07) is 20.1. The molecule has 0 saturated carbocycles. The van der Waals surface area contributed by atoms with Crippen LogP contribution >= 0.6 is 11.3 Å². The van der Waals surface area contributed by atoms with E-state index in [4.69, 9.17) is 10.7 Å². The number of hydrogen-bond donors (Lipinski definition) is 3. The summed E-state index contributed by atoms with van der Waals surface area (Å²) in [5, 5.41) is 10.2. The van der Waals surface area contributed by atoms with E-state index in [1.54, 1.807) is 0 Å². The normalized spacial score (nSPS) is 11.3. The largest absolute Gasteiger partial charge is 0.382 e. The third-order valence-corrected chi connectivity index (χ3v) is 6.56. The highest BCUT2D eigenvalue weighted by Crippen LogP contribution is 2.25. The summed E-state index contributed by atoms with van der Waals surface area (Å²) in [7, 11) is 0. The first-order valence-corrected chi connectivity index (χ1v) is 11.9. The van der Waals surface area contributed by atoms with Crippen LogP contribution in [-0.2, 0) is 6.54 Å². The lowest BCUT2D eigenvalue weighted by molar-refractivity contribution is 0.101. The fourth-order valence-corrected chi connectivity index (χ4v) is 4.54. The van der Waals surface area contributed by atoms with Crippen LogP contribution in [0.3, 0.4) is 0 Å². The van der Waals surface area contributed by atoms with Crippen molar-refractivity contribution >= 4 is 55.6 Å². The van der Waals surface area contributed by atoms with Crippen LogP contribution in [0.15, 0.2) is 66.0 Å². The minimum absolute atomic E-state index is 0.0169. The van der Waals surface area contributed by atoms with Crippen LogP contribution in [0.4, 0.5) is 17.3 Å². The summed E-state index contributed by atoms with van der Waals surface area (Å²) >= 11 is 1.45. The molecule has 0 atom stereocenters. The second-order valence-electron chi connectivity index (χ2n) is 8.33. The molecule has 34 heavy (non-hydrogen) atoms. The number of nitrogens with two attached hydrogens (primary N) is 1. The number of carbonyl (C=O) groups excluding carboxylic acids is 1. The summed E-state index contributed by atoms with van der Waals surface area (Å²) in [6.45, 7) is 4.86. The molecule has 1 amide bonds. The summed E-state index contributed by atoms with van der Waals surface area (Å²) < 4.78 is 0.773. The lowest BCUT2D eigenvalue weighted by Crippen LogP contribution is -2.18. The summed E-state index contributed by atoms with van der Waals surface area (Å²) in [4.78, 5) is 26.1. The van der Waals surface area contributed by atoms with Gasteiger partial charge in [0.1, 0.15) is 11.6 Å². The number of benzene rings is 2. The van der Waals surface area contributed by atoms with Gasteiger partial charge in [-0.2, -0.15) is 0 Å². The molecule has 2 aromatic carbocycles. The molecular formula is C26H24N6OS. The number of nitrogens with zero attached hydrogens (tertiary/aromatic N) is 3. The Labute approximate surface area is 201 Å². The van der Waals surface area contributed by atoms with Gasteiger partial charge in [0.05, 0.1) is 22.5 Å². The Hall–Kier alpha value is -4.04. The number of fused-ring (bicyclic) bond motifs is 2. The van der Waals surface area contributed by atoms with E-state index in [2.05, 4.69) is 58.7 Å². The van der Waals surface area contributed by atoms with E-state index < -0.39 is 5.91 Å². The summed E-state index contributed by atoms with van der Waals surface area (Å²) in [6.07, 6.45) is 0. The molecule has 0 aliphatic carbocycles. The number of anilines is 3. The van der Waals surface area contributed by atoms with Gasteiger partial charge in [-0.3, -0.25) is 4.79 Å². The van der Waals surface area contributed by atoms with E-state index in [1.807, 2.05) is 41.8 Å². The molecule has 0 radical (unpaired) electrons. The predicted octanol–water partition coefficient (Wildman–Crippen LogP) is 5.81. The van der Waals surface area contributed by atoms with E-state index >= 15 is 0 Å². The van der Waals surface area contributed by atoms with E-state index in [9.17, 15) is 4.79 Å². The predicted molar refractivity (Wildman–Crippen MR) is 139 cm³/mol. The topological polar surface area (TPSA) is 106 Å². The van der Waals surface area contributed by atoms with Gasteiger partial charge in [-0.25, -0.2) is 15.0 Å². The van der Waals surface area contributed by atoms with E-state index in [0.717, 1.165) is 26.9 Å². The number of nitrogen functional groups attached to an aromatic ring is 1. The van der Waals surface area contributed by atoms with Crippen molar-refractivity contribution in [3.63, 3.8) is 0 Å². The molecule has 0 unspecified atom stereocenters. The van der Waals surface area contributed by atoms with Crippen LogP contribution in [-0.4, -0.2) is 20.9 Å². The second-order valence-corrected chi connectivity index (χ2v) is 9.24. The molecule has 3 aromatic heterocycles. The minimum atomic E-state index is -0.453. The average Bonchev–Trinajstić information content (AvgIpc) is 3.32. The molecule has 8 heteroatoms. The molecule has 0 bridgehead atoms. The first-order valence-electron chi connectivity index (χ1n) is 11.0. The van der Waals surface area contributed by atoms with Crippen LogP contribution in [0, 0.1) is 0 Å². The van der Waals surface area contributed by atoms with Crippen molar-refractivity contribution in [2.45, 2.75) is 26.3 Å². The summed E-state index contributed by atoms with van der Waals surface area (Å²) in [5.41, 5.74) is 9.80. The molecule has 5 rings (SSSR count). The molecule has 0 aliphatic rings. The highest BCUT2D eigenvalue weighted by molar-refractivity contribution is 7.17. The Kier molecular flexibility index (Phi) is 5.81. The molecule has 7 nitrogen and oxygen atoms in total. The number of hydrogen-bond acceptors (Lipinski definition) is 7. The number of nitrogens with one attached hydrogen (secondary N) is 2. The maximum Gasteiger partial charge on any atom is 0.294 e. The number of pyridine rings is 1. The molecule has 0 saturated heterocycles. The van der Waals surface area contributed by atoms with Gasteiger partial charge >= 0.3 is 0 Å². The van der Waals surface area contributed by atoms with Crippen molar-refractivity contribution in [3.8, 4) is 0 Å². The second kappa shape index (κ2) is 9.07. The number of carbonyl (C=O) groups is 1. The lowest BCUT2D eigenvalue weighted by atomic mass is 10.0. The van der Waals surface area contributed by atoms with Gasteiger partial charge in [0.15, 0.2) is 0 Å².